The van der Waals surface area contributed by atoms with Crippen LogP contribution in [0.3, 0.4) is 0 Å². The average molecular weight is 391 g/mol. The van der Waals surface area contributed by atoms with Crippen LogP contribution in [0.2, 0.25) is 0 Å². The lowest BCUT2D eigenvalue weighted by atomic mass is 10.1. The summed E-state index contributed by atoms with van der Waals surface area (Å²) in [6, 6.07) is 15.3. The van der Waals surface area contributed by atoms with E-state index in [-0.39, 0.29) is 11.5 Å². The molecular weight excluding hydrogens is 366 g/mol. The number of amides is 1. The number of fused-ring (bicyclic) bond motifs is 1. The average Bonchev–Trinajstić information content (AvgIpc) is 2.74. The highest BCUT2D eigenvalue weighted by Gasteiger charge is 2.22. The zero-order chi connectivity index (χ0) is 20.4. The second-order valence-electron chi connectivity index (χ2n) is 7.51. The Kier molecular flexibility index (Phi) is 5.36. The quantitative estimate of drug-likeness (QED) is 0.743. The molecule has 0 bridgehead atoms. The molecule has 6 heteroatoms. The Morgan fingerprint density at radius 2 is 1.76 bits per heavy atom. The van der Waals surface area contributed by atoms with Gasteiger partial charge in [0.05, 0.1) is 12.6 Å². The molecule has 1 N–H and O–H groups in total. The zero-order valence-corrected chi connectivity index (χ0v) is 16.8. The summed E-state index contributed by atoms with van der Waals surface area (Å²) in [5.41, 5.74) is 3.30. The number of hydrogen-bond acceptors (Lipinski definition) is 4. The molecule has 0 atom stereocenters. The van der Waals surface area contributed by atoms with Gasteiger partial charge >= 0.3 is 0 Å². The summed E-state index contributed by atoms with van der Waals surface area (Å²) in [5.74, 6) is 0.789. The zero-order valence-electron chi connectivity index (χ0n) is 16.8. The van der Waals surface area contributed by atoms with Crippen LogP contribution < -0.4 is 10.3 Å². The number of aromatic nitrogens is 1. The molecule has 0 aliphatic carbocycles. The summed E-state index contributed by atoms with van der Waals surface area (Å²) >= 11 is 0. The van der Waals surface area contributed by atoms with Crippen LogP contribution in [0.1, 0.15) is 21.5 Å². The van der Waals surface area contributed by atoms with Crippen molar-refractivity contribution in [2.45, 2.75) is 13.5 Å². The summed E-state index contributed by atoms with van der Waals surface area (Å²) in [5, 5.41) is 0.980. The number of carbonyl (C=O) groups excluding carboxylic acids is 1. The Balaban J connectivity index is 1.41. The van der Waals surface area contributed by atoms with Crippen molar-refractivity contribution in [3.63, 3.8) is 0 Å². The van der Waals surface area contributed by atoms with Crippen molar-refractivity contribution in [3.8, 4) is 5.75 Å². The van der Waals surface area contributed by atoms with E-state index in [1.807, 2.05) is 60.4 Å². The summed E-state index contributed by atoms with van der Waals surface area (Å²) < 4.78 is 5.22. The molecule has 0 saturated carbocycles. The molecule has 1 aliphatic heterocycles. The van der Waals surface area contributed by atoms with Gasteiger partial charge < -0.3 is 14.6 Å². The minimum atomic E-state index is -0.0797. The molecule has 0 unspecified atom stereocenters. The monoisotopic (exact) mass is 391 g/mol. The van der Waals surface area contributed by atoms with E-state index in [0.29, 0.717) is 19.6 Å². The van der Waals surface area contributed by atoms with Crippen molar-refractivity contribution in [1.82, 2.24) is 14.8 Å². The number of hydrogen-bond donors (Lipinski definition) is 1. The molecule has 6 nitrogen and oxygen atoms in total. The van der Waals surface area contributed by atoms with Gasteiger partial charge in [-0.05, 0) is 42.6 Å². The molecule has 1 fully saturated rings. The van der Waals surface area contributed by atoms with Crippen LogP contribution in [0.15, 0.2) is 53.3 Å². The summed E-state index contributed by atoms with van der Waals surface area (Å²) in [7, 11) is 1.61. The van der Waals surface area contributed by atoms with Crippen LogP contribution in [0.4, 0.5) is 0 Å². The van der Waals surface area contributed by atoms with Gasteiger partial charge in [0.15, 0.2) is 0 Å². The fourth-order valence-corrected chi connectivity index (χ4v) is 3.70. The number of aryl methyl sites for hydroxylation is 1. The Morgan fingerprint density at radius 1 is 1.03 bits per heavy atom. The van der Waals surface area contributed by atoms with Gasteiger partial charge in [0.25, 0.3) is 11.5 Å². The van der Waals surface area contributed by atoms with Gasteiger partial charge in [-0.25, -0.2) is 0 Å². The number of methoxy groups -OCH3 is 1. The Hall–Kier alpha value is -3.12. The molecule has 1 amide bonds. The van der Waals surface area contributed by atoms with Crippen LogP contribution in [0, 0.1) is 6.92 Å². The number of nitrogens with one attached hydrogen (secondary N) is 1. The van der Waals surface area contributed by atoms with E-state index in [4.69, 9.17) is 4.74 Å². The lowest BCUT2D eigenvalue weighted by Gasteiger charge is -2.34. The molecule has 2 aromatic carbocycles. The maximum atomic E-state index is 12.7. The highest BCUT2D eigenvalue weighted by Crippen LogP contribution is 2.19. The molecule has 1 aromatic heterocycles. The van der Waals surface area contributed by atoms with Gasteiger partial charge in [-0.1, -0.05) is 17.7 Å². The number of aromatic amines is 1. The standard InChI is InChI=1S/C23H25N3O3/c1-16-3-5-17(6-4-16)23(28)26-11-9-25(10-12-26)15-19-13-18-7-8-20(29-2)14-21(18)24-22(19)27/h3-8,13-14H,9-12,15H2,1-2H3,(H,24,27). The second kappa shape index (κ2) is 8.09. The molecule has 4 rings (SSSR count). The minimum Gasteiger partial charge on any atom is -0.497 e. The lowest BCUT2D eigenvalue weighted by molar-refractivity contribution is 0.0628. The number of ether oxygens (including phenoxy) is 1. The summed E-state index contributed by atoms with van der Waals surface area (Å²) in [4.78, 5) is 32.2. The number of nitrogens with zero attached hydrogens (tertiary/aromatic N) is 2. The van der Waals surface area contributed by atoms with Crippen LogP contribution in [-0.2, 0) is 6.54 Å². The molecule has 150 valence electrons. The first-order chi connectivity index (χ1) is 14.0. The number of benzene rings is 2. The number of carbonyl (C=O) groups is 1. The van der Waals surface area contributed by atoms with Gasteiger partial charge in [-0.3, -0.25) is 14.5 Å². The van der Waals surface area contributed by atoms with Crippen LogP contribution in [0.5, 0.6) is 5.75 Å². The van der Waals surface area contributed by atoms with Crippen molar-refractivity contribution in [1.29, 1.82) is 0 Å². The van der Waals surface area contributed by atoms with E-state index in [1.54, 1.807) is 7.11 Å². The van der Waals surface area contributed by atoms with E-state index < -0.39 is 0 Å². The second-order valence-corrected chi connectivity index (χ2v) is 7.51. The molecule has 0 radical (unpaired) electrons. The Labute approximate surface area is 169 Å². The van der Waals surface area contributed by atoms with Gasteiger partial charge in [0.2, 0.25) is 0 Å². The van der Waals surface area contributed by atoms with E-state index in [2.05, 4.69) is 9.88 Å². The summed E-state index contributed by atoms with van der Waals surface area (Å²) in [6.07, 6.45) is 0. The van der Waals surface area contributed by atoms with Crippen LogP contribution in [0.25, 0.3) is 10.9 Å². The van der Waals surface area contributed by atoms with E-state index in [9.17, 15) is 9.59 Å². The summed E-state index contributed by atoms with van der Waals surface area (Å²) in [6.45, 7) is 5.40. The number of H-pyrrole nitrogens is 1. The maximum absolute atomic E-state index is 12.7. The van der Waals surface area contributed by atoms with Crippen molar-refractivity contribution in [2.24, 2.45) is 0 Å². The van der Waals surface area contributed by atoms with Crippen molar-refractivity contribution >= 4 is 16.8 Å². The van der Waals surface area contributed by atoms with E-state index >= 15 is 0 Å². The Bertz CT molecular complexity index is 1080. The Morgan fingerprint density at radius 3 is 2.45 bits per heavy atom. The van der Waals surface area contributed by atoms with Crippen molar-refractivity contribution < 1.29 is 9.53 Å². The highest BCUT2D eigenvalue weighted by atomic mass is 16.5. The van der Waals surface area contributed by atoms with Crippen LogP contribution >= 0.6 is 0 Å². The number of pyridine rings is 1. The fraction of sp³-hybridized carbons (Fsp3) is 0.304. The largest absolute Gasteiger partial charge is 0.497 e. The minimum absolute atomic E-state index is 0.0714. The van der Waals surface area contributed by atoms with E-state index in [1.165, 1.54) is 0 Å². The molecular formula is C23H25N3O3. The van der Waals surface area contributed by atoms with Crippen LogP contribution in [-0.4, -0.2) is 54.0 Å². The number of piperazine rings is 1. The van der Waals surface area contributed by atoms with Gasteiger partial charge in [-0.15, -0.1) is 0 Å². The van der Waals surface area contributed by atoms with Gasteiger partial charge in [0.1, 0.15) is 5.75 Å². The van der Waals surface area contributed by atoms with Crippen molar-refractivity contribution in [3.05, 3.63) is 75.6 Å². The highest BCUT2D eigenvalue weighted by molar-refractivity contribution is 5.94. The topological polar surface area (TPSA) is 65.6 Å². The molecule has 1 aliphatic rings. The van der Waals surface area contributed by atoms with E-state index in [0.717, 1.165) is 46.4 Å². The number of rotatable bonds is 4. The van der Waals surface area contributed by atoms with Gasteiger partial charge in [0, 0.05) is 49.9 Å². The van der Waals surface area contributed by atoms with Gasteiger partial charge in [-0.2, -0.15) is 0 Å². The third-order valence-corrected chi connectivity index (χ3v) is 5.48. The predicted molar refractivity (Wildman–Crippen MR) is 113 cm³/mol. The third-order valence-electron chi connectivity index (χ3n) is 5.48. The molecule has 0 spiro atoms. The third kappa shape index (κ3) is 4.17. The fourth-order valence-electron chi connectivity index (χ4n) is 3.70. The lowest BCUT2D eigenvalue weighted by Crippen LogP contribution is -2.48. The molecule has 3 aromatic rings. The molecule has 29 heavy (non-hydrogen) atoms. The molecule has 2 heterocycles. The first-order valence-corrected chi connectivity index (χ1v) is 9.82. The smallest absolute Gasteiger partial charge is 0.253 e. The molecule has 1 saturated heterocycles. The first kappa shape index (κ1) is 19.2. The first-order valence-electron chi connectivity index (χ1n) is 9.82. The predicted octanol–water partition coefficient (Wildman–Crippen LogP) is 2.80. The SMILES string of the molecule is COc1ccc2cc(CN3CCN(C(=O)c4ccc(C)cc4)CC3)c(=O)[nH]c2c1. The normalized spacial score (nSPS) is 14.9. The maximum Gasteiger partial charge on any atom is 0.253 e. The van der Waals surface area contributed by atoms with Crippen molar-refractivity contribution in [2.75, 3.05) is 33.3 Å².